The van der Waals surface area contributed by atoms with E-state index in [0.717, 1.165) is 50.1 Å². The van der Waals surface area contributed by atoms with Crippen LogP contribution in [0.1, 0.15) is 75.0 Å². The summed E-state index contributed by atoms with van der Waals surface area (Å²) in [5.41, 5.74) is 1.01. The topological polar surface area (TPSA) is 93.5 Å². The SMILES string of the molecule is CCCCC(=O)Nc1ccc(OCc2cc(C(=O)NC3CCC(C)CC3)no2)cc1. The zero-order valence-corrected chi connectivity index (χ0v) is 17.8. The highest BCUT2D eigenvalue weighted by molar-refractivity contribution is 5.92. The van der Waals surface area contributed by atoms with E-state index in [0.29, 0.717) is 17.9 Å². The Labute approximate surface area is 177 Å². The summed E-state index contributed by atoms with van der Waals surface area (Å²) in [6.45, 7) is 4.48. The first-order valence-corrected chi connectivity index (χ1v) is 10.8. The number of anilines is 1. The lowest BCUT2D eigenvalue weighted by atomic mass is 9.87. The number of benzene rings is 1. The number of amides is 2. The summed E-state index contributed by atoms with van der Waals surface area (Å²) in [7, 11) is 0. The van der Waals surface area contributed by atoms with Crippen molar-refractivity contribution in [2.45, 2.75) is 71.4 Å². The average Bonchev–Trinajstić information content (AvgIpc) is 3.23. The van der Waals surface area contributed by atoms with E-state index in [2.05, 4.69) is 29.6 Å². The number of nitrogens with one attached hydrogen (secondary N) is 2. The van der Waals surface area contributed by atoms with Crippen LogP contribution >= 0.6 is 0 Å². The van der Waals surface area contributed by atoms with Crippen molar-refractivity contribution in [2.24, 2.45) is 5.92 Å². The van der Waals surface area contributed by atoms with Gasteiger partial charge in [0.15, 0.2) is 11.5 Å². The molecule has 1 fully saturated rings. The Morgan fingerprint density at radius 3 is 2.60 bits per heavy atom. The molecule has 7 heteroatoms. The van der Waals surface area contributed by atoms with E-state index in [1.807, 2.05) is 0 Å². The molecule has 1 aromatic carbocycles. The van der Waals surface area contributed by atoms with Crippen molar-refractivity contribution >= 4 is 17.5 Å². The lowest BCUT2D eigenvalue weighted by Gasteiger charge is -2.26. The Bertz CT molecular complexity index is 823. The Morgan fingerprint density at radius 2 is 1.90 bits per heavy atom. The van der Waals surface area contributed by atoms with Crippen LogP contribution in [0.4, 0.5) is 5.69 Å². The molecular weight excluding hydrogens is 382 g/mol. The second-order valence-electron chi connectivity index (χ2n) is 8.07. The van der Waals surface area contributed by atoms with E-state index < -0.39 is 0 Å². The standard InChI is InChI=1S/C23H31N3O4/c1-3-4-5-22(27)24-17-10-12-19(13-11-17)29-15-20-14-21(26-30-20)23(28)25-18-8-6-16(2)7-9-18/h10-14,16,18H,3-9,15H2,1-2H3,(H,24,27)(H,25,28). The quantitative estimate of drug-likeness (QED) is 0.622. The fourth-order valence-electron chi connectivity index (χ4n) is 3.50. The van der Waals surface area contributed by atoms with Gasteiger partial charge in [-0.25, -0.2) is 0 Å². The van der Waals surface area contributed by atoms with Gasteiger partial charge < -0.3 is 19.9 Å². The lowest BCUT2D eigenvalue weighted by molar-refractivity contribution is -0.116. The van der Waals surface area contributed by atoms with Crippen LogP contribution in [0.2, 0.25) is 0 Å². The molecule has 30 heavy (non-hydrogen) atoms. The number of carbonyl (C=O) groups is 2. The maximum atomic E-state index is 12.4. The summed E-state index contributed by atoms with van der Waals surface area (Å²) in [4.78, 5) is 24.1. The van der Waals surface area contributed by atoms with Gasteiger partial charge in [-0.2, -0.15) is 0 Å². The number of rotatable bonds is 9. The highest BCUT2D eigenvalue weighted by atomic mass is 16.5. The predicted molar refractivity (Wildman–Crippen MR) is 114 cm³/mol. The molecule has 0 aliphatic heterocycles. The molecule has 3 rings (SSSR count). The fraction of sp³-hybridized carbons (Fsp3) is 0.522. The summed E-state index contributed by atoms with van der Waals surface area (Å²) >= 11 is 0. The Balaban J connectivity index is 1.44. The summed E-state index contributed by atoms with van der Waals surface area (Å²) in [6.07, 6.45) is 6.70. The molecule has 162 valence electrons. The molecule has 2 N–H and O–H groups in total. The number of hydrogen-bond donors (Lipinski definition) is 2. The minimum Gasteiger partial charge on any atom is -0.486 e. The molecule has 0 atom stereocenters. The van der Waals surface area contributed by atoms with Gasteiger partial charge in [0.2, 0.25) is 5.91 Å². The molecule has 0 radical (unpaired) electrons. The first kappa shape index (κ1) is 21.9. The molecular formula is C23H31N3O4. The van der Waals surface area contributed by atoms with Gasteiger partial charge in [0.25, 0.3) is 5.91 Å². The summed E-state index contributed by atoms with van der Waals surface area (Å²) in [6, 6.07) is 8.98. The van der Waals surface area contributed by atoms with Gasteiger partial charge in [0.05, 0.1) is 0 Å². The number of unbranched alkanes of at least 4 members (excludes halogenated alkanes) is 1. The van der Waals surface area contributed by atoms with E-state index in [4.69, 9.17) is 9.26 Å². The van der Waals surface area contributed by atoms with Crippen LogP contribution in [0, 0.1) is 5.92 Å². The fourth-order valence-corrected chi connectivity index (χ4v) is 3.50. The van der Waals surface area contributed by atoms with E-state index in [9.17, 15) is 9.59 Å². The molecule has 7 nitrogen and oxygen atoms in total. The molecule has 2 amide bonds. The van der Waals surface area contributed by atoms with Gasteiger partial charge in [-0.15, -0.1) is 0 Å². The first-order valence-electron chi connectivity index (χ1n) is 10.8. The second-order valence-corrected chi connectivity index (χ2v) is 8.07. The number of ether oxygens (including phenoxy) is 1. The van der Waals surface area contributed by atoms with E-state index >= 15 is 0 Å². The normalized spacial score (nSPS) is 18.6. The van der Waals surface area contributed by atoms with Crippen molar-refractivity contribution in [3.8, 4) is 5.75 Å². The second kappa shape index (κ2) is 10.8. The largest absolute Gasteiger partial charge is 0.486 e. The Morgan fingerprint density at radius 1 is 1.17 bits per heavy atom. The molecule has 0 spiro atoms. The smallest absolute Gasteiger partial charge is 0.273 e. The van der Waals surface area contributed by atoms with Gasteiger partial charge in [-0.3, -0.25) is 9.59 Å². The number of hydrogen-bond acceptors (Lipinski definition) is 5. The van der Waals surface area contributed by atoms with Crippen molar-refractivity contribution in [1.82, 2.24) is 10.5 Å². The van der Waals surface area contributed by atoms with Crippen LogP contribution in [-0.2, 0) is 11.4 Å². The Kier molecular flexibility index (Phi) is 7.88. The molecule has 0 bridgehead atoms. The zero-order chi connectivity index (χ0) is 21.3. The molecule has 1 aliphatic carbocycles. The average molecular weight is 414 g/mol. The van der Waals surface area contributed by atoms with Crippen molar-refractivity contribution in [3.05, 3.63) is 41.8 Å². The third-order valence-electron chi connectivity index (χ3n) is 5.42. The monoisotopic (exact) mass is 413 g/mol. The Hall–Kier alpha value is -2.83. The van der Waals surface area contributed by atoms with E-state index in [1.165, 1.54) is 0 Å². The number of carbonyl (C=O) groups excluding carboxylic acids is 2. The number of nitrogens with zero attached hydrogens (tertiary/aromatic N) is 1. The van der Waals surface area contributed by atoms with Crippen molar-refractivity contribution < 1.29 is 18.8 Å². The maximum Gasteiger partial charge on any atom is 0.273 e. The van der Waals surface area contributed by atoms with Crippen molar-refractivity contribution in [2.75, 3.05) is 5.32 Å². The third-order valence-corrected chi connectivity index (χ3v) is 5.42. The van der Waals surface area contributed by atoms with Crippen LogP contribution in [0.5, 0.6) is 5.75 Å². The van der Waals surface area contributed by atoms with E-state index in [-0.39, 0.29) is 30.2 Å². The van der Waals surface area contributed by atoms with Gasteiger partial charge in [-0.1, -0.05) is 25.4 Å². The first-order chi connectivity index (χ1) is 14.5. The van der Waals surface area contributed by atoms with Crippen molar-refractivity contribution in [3.63, 3.8) is 0 Å². The highest BCUT2D eigenvalue weighted by Crippen LogP contribution is 2.23. The maximum absolute atomic E-state index is 12.4. The molecule has 0 unspecified atom stereocenters. The van der Waals surface area contributed by atoms with Crippen LogP contribution in [0.25, 0.3) is 0 Å². The molecule has 1 aromatic heterocycles. The summed E-state index contributed by atoms with van der Waals surface area (Å²) in [5, 5.41) is 9.77. The van der Waals surface area contributed by atoms with Crippen LogP contribution in [0.15, 0.2) is 34.9 Å². The van der Waals surface area contributed by atoms with E-state index in [1.54, 1.807) is 30.3 Å². The summed E-state index contributed by atoms with van der Waals surface area (Å²) in [5.74, 6) is 1.67. The van der Waals surface area contributed by atoms with Crippen LogP contribution < -0.4 is 15.4 Å². The van der Waals surface area contributed by atoms with Gasteiger partial charge in [0, 0.05) is 24.2 Å². The molecule has 0 saturated heterocycles. The van der Waals surface area contributed by atoms with Gasteiger partial charge in [0.1, 0.15) is 12.4 Å². The van der Waals surface area contributed by atoms with Crippen molar-refractivity contribution in [1.29, 1.82) is 0 Å². The molecule has 2 aromatic rings. The molecule has 1 aliphatic rings. The predicted octanol–water partition coefficient (Wildman–Crippen LogP) is 4.69. The zero-order valence-electron chi connectivity index (χ0n) is 17.8. The van der Waals surface area contributed by atoms with Gasteiger partial charge in [-0.05, 0) is 62.3 Å². The minimum absolute atomic E-state index is 0.0146. The minimum atomic E-state index is -0.201. The van der Waals surface area contributed by atoms with Gasteiger partial charge >= 0.3 is 0 Å². The third kappa shape index (κ3) is 6.61. The number of aromatic nitrogens is 1. The van der Waals surface area contributed by atoms with Crippen LogP contribution in [-0.4, -0.2) is 23.0 Å². The highest BCUT2D eigenvalue weighted by Gasteiger charge is 2.22. The van der Waals surface area contributed by atoms with Crippen LogP contribution in [0.3, 0.4) is 0 Å². The summed E-state index contributed by atoms with van der Waals surface area (Å²) < 4.78 is 10.9. The molecule has 1 heterocycles. The lowest BCUT2D eigenvalue weighted by Crippen LogP contribution is -2.37. The molecule has 1 saturated carbocycles.